The monoisotopic (exact) mass is 566 g/mol. The molecule has 3 aliphatic rings. The molecule has 1 saturated heterocycles. The van der Waals surface area contributed by atoms with E-state index in [1.54, 1.807) is 29.2 Å². The quantitative estimate of drug-likeness (QED) is 0.376. The summed E-state index contributed by atoms with van der Waals surface area (Å²) in [5.41, 5.74) is 0. The summed E-state index contributed by atoms with van der Waals surface area (Å²) in [6.07, 6.45) is 9.93. The average Bonchev–Trinajstić information content (AvgIpc) is 3.66. The summed E-state index contributed by atoms with van der Waals surface area (Å²) >= 11 is 0. The van der Waals surface area contributed by atoms with Gasteiger partial charge in [0.2, 0.25) is 10.0 Å². The summed E-state index contributed by atoms with van der Waals surface area (Å²) in [6, 6.07) is 6.35. The molecule has 1 aromatic carbocycles. The molecule has 220 valence electrons. The van der Waals surface area contributed by atoms with Crippen molar-refractivity contribution in [1.82, 2.24) is 9.21 Å². The van der Waals surface area contributed by atoms with Crippen LogP contribution in [0.25, 0.3) is 0 Å². The molecule has 0 spiro atoms. The fraction of sp³-hybridized carbons (Fsp3) is 0.759. The number of methoxy groups -OCH3 is 1. The molecule has 39 heavy (non-hydrogen) atoms. The van der Waals surface area contributed by atoms with Crippen molar-refractivity contribution < 1.29 is 32.5 Å². The Morgan fingerprint density at radius 1 is 1.00 bits per heavy atom. The Balaban J connectivity index is 1.45. The molecule has 4 rings (SSSR count). The van der Waals surface area contributed by atoms with Crippen molar-refractivity contribution in [2.45, 2.75) is 87.7 Å². The molecule has 1 heterocycles. The Bertz CT molecular complexity index is 985. The second-order valence-corrected chi connectivity index (χ2v) is 13.3. The molecule has 2 aliphatic carbocycles. The minimum Gasteiger partial charge on any atom is -0.497 e. The van der Waals surface area contributed by atoms with Gasteiger partial charge in [0.15, 0.2) is 0 Å². The average molecular weight is 567 g/mol. The van der Waals surface area contributed by atoms with Crippen LogP contribution in [0, 0.1) is 11.8 Å². The van der Waals surface area contributed by atoms with Gasteiger partial charge in [-0.05, 0) is 55.4 Å². The summed E-state index contributed by atoms with van der Waals surface area (Å²) in [6.45, 7) is 1.75. The van der Waals surface area contributed by atoms with Gasteiger partial charge in [0.25, 0.3) is 0 Å². The highest BCUT2D eigenvalue weighted by atomic mass is 32.2. The SMILES string of the molecule is COc1ccc(S(=O)(=O)N(CC2CCCC2)C[C@@H](O)CN(CCC2CCCCC2)C(=O)O[C@H]2CCOC2)cc1. The van der Waals surface area contributed by atoms with E-state index in [4.69, 9.17) is 14.2 Å². The lowest BCUT2D eigenvalue weighted by Crippen LogP contribution is -2.46. The van der Waals surface area contributed by atoms with Gasteiger partial charge in [0.1, 0.15) is 11.9 Å². The highest BCUT2D eigenvalue weighted by Crippen LogP contribution is 2.29. The molecule has 1 N–H and O–H groups in total. The first-order valence-electron chi connectivity index (χ1n) is 14.7. The minimum absolute atomic E-state index is 0.0262. The van der Waals surface area contributed by atoms with E-state index < -0.39 is 22.2 Å². The van der Waals surface area contributed by atoms with Gasteiger partial charge in [0, 0.05) is 26.1 Å². The van der Waals surface area contributed by atoms with Crippen molar-refractivity contribution >= 4 is 16.1 Å². The van der Waals surface area contributed by atoms with Crippen molar-refractivity contribution in [3.8, 4) is 5.75 Å². The van der Waals surface area contributed by atoms with E-state index >= 15 is 0 Å². The Labute approximate surface area is 233 Å². The standard InChI is InChI=1S/C29H46N2O7S/c1-36-26-11-13-28(14-12-26)39(34,35)31(19-24-9-5-6-10-24)21-25(32)20-30(17-15-23-7-3-2-4-8-23)29(33)38-27-16-18-37-22-27/h11-14,23-25,27,32H,2-10,15-22H2,1H3/t25-,27-/m0/s1. The molecule has 0 unspecified atom stereocenters. The van der Waals surface area contributed by atoms with Crippen LogP contribution in [0.3, 0.4) is 0 Å². The number of amides is 1. The molecule has 1 amide bonds. The zero-order valence-electron chi connectivity index (χ0n) is 23.3. The first kappa shape index (κ1) is 30.1. The first-order chi connectivity index (χ1) is 18.8. The number of hydrogen-bond donors (Lipinski definition) is 1. The smallest absolute Gasteiger partial charge is 0.410 e. The van der Waals surface area contributed by atoms with Crippen molar-refractivity contribution in [2.24, 2.45) is 11.8 Å². The van der Waals surface area contributed by atoms with Crippen molar-refractivity contribution in [3.63, 3.8) is 0 Å². The zero-order valence-corrected chi connectivity index (χ0v) is 24.2. The lowest BCUT2D eigenvalue weighted by molar-refractivity contribution is 0.0349. The topological polar surface area (TPSA) is 106 Å². The maximum Gasteiger partial charge on any atom is 0.410 e. The van der Waals surface area contributed by atoms with Crippen molar-refractivity contribution in [3.05, 3.63) is 24.3 Å². The van der Waals surface area contributed by atoms with E-state index in [2.05, 4.69) is 0 Å². The van der Waals surface area contributed by atoms with Gasteiger partial charge >= 0.3 is 6.09 Å². The van der Waals surface area contributed by atoms with Gasteiger partial charge in [0.05, 0.1) is 37.9 Å². The Morgan fingerprint density at radius 3 is 2.31 bits per heavy atom. The first-order valence-corrected chi connectivity index (χ1v) is 16.1. The van der Waals surface area contributed by atoms with Crippen LogP contribution in [0.15, 0.2) is 29.2 Å². The maximum atomic E-state index is 13.7. The predicted molar refractivity (Wildman–Crippen MR) is 148 cm³/mol. The van der Waals surface area contributed by atoms with E-state index in [9.17, 15) is 18.3 Å². The van der Waals surface area contributed by atoms with Crippen LogP contribution in [0.5, 0.6) is 5.75 Å². The highest BCUT2D eigenvalue weighted by molar-refractivity contribution is 7.89. The van der Waals surface area contributed by atoms with Gasteiger partial charge < -0.3 is 24.2 Å². The number of nitrogens with zero attached hydrogens (tertiary/aromatic N) is 2. The summed E-state index contributed by atoms with van der Waals surface area (Å²) in [5, 5.41) is 11.2. The third-order valence-corrected chi connectivity index (χ3v) is 10.3. The molecule has 9 nitrogen and oxygen atoms in total. The number of rotatable bonds is 13. The van der Waals surface area contributed by atoms with Crippen LogP contribution in [-0.2, 0) is 19.5 Å². The lowest BCUT2D eigenvalue weighted by atomic mass is 9.87. The van der Waals surface area contributed by atoms with Gasteiger partial charge in [-0.15, -0.1) is 0 Å². The van der Waals surface area contributed by atoms with Gasteiger partial charge in [-0.25, -0.2) is 13.2 Å². The lowest BCUT2D eigenvalue weighted by Gasteiger charge is -2.31. The molecule has 0 aromatic heterocycles. The summed E-state index contributed by atoms with van der Waals surface area (Å²) in [5.74, 6) is 1.41. The second-order valence-electron chi connectivity index (χ2n) is 11.4. The van der Waals surface area contributed by atoms with E-state index in [1.165, 1.54) is 30.7 Å². The molecule has 0 bridgehead atoms. The second kappa shape index (κ2) is 14.7. The van der Waals surface area contributed by atoms with Gasteiger partial charge in [-0.1, -0.05) is 44.9 Å². The van der Waals surface area contributed by atoms with Crippen LogP contribution in [0.1, 0.15) is 70.6 Å². The summed E-state index contributed by atoms with van der Waals surface area (Å²) in [4.78, 5) is 14.9. The third kappa shape index (κ3) is 8.80. The fourth-order valence-corrected chi connectivity index (χ4v) is 7.64. The highest BCUT2D eigenvalue weighted by Gasteiger charge is 2.32. The molecule has 10 heteroatoms. The molecule has 0 radical (unpaired) electrons. The predicted octanol–water partition coefficient (Wildman–Crippen LogP) is 4.43. The number of benzene rings is 1. The van der Waals surface area contributed by atoms with Crippen LogP contribution in [0.2, 0.25) is 0 Å². The van der Waals surface area contributed by atoms with Crippen LogP contribution >= 0.6 is 0 Å². The van der Waals surface area contributed by atoms with Crippen molar-refractivity contribution in [2.75, 3.05) is 46.5 Å². The fourth-order valence-electron chi connectivity index (χ4n) is 6.09. The number of carbonyl (C=O) groups excluding carboxylic acids is 1. The van der Waals surface area contributed by atoms with Gasteiger partial charge in [-0.2, -0.15) is 4.31 Å². The molecular formula is C29H46N2O7S. The molecule has 1 aromatic rings. The number of sulfonamides is 1. The van der Waals surface area contributed by atoms with E-state index in [1.807, 2.05) is 0 Å². The summed E-state index contributed by atoms with van der Waals surface area (Å²) < 4.78 is 45.0. The van der Waals surface area contributed by atoms with Crippen LogP contribution < -0.4 is 4.74 Å². The van der Waals surface area contributed by atoms with E-state index in [-0.39, 0.29) is 30.0 Å². The van der Waals surface area contributed by atoms with Crippen LogP contribution in [0.4, 0.5) is 4.79 Å². The zero-order chi connectivity index (χ0) is 27.7. The largest absolute Gasteiger partial charge is 0.497 e. The maximum absolute atomic E-state index is 13.7. The number of ether oxygens (including phenoxy) is 3. The normalized spacial score (nSPS) is 21.8. The molecule has 2 atom stereocenters. The molecule has 1 aliphatic heterocycles. The van der Waals surface area contributed by atoms with Gasteiger partial charge in [-0.3, -0.25) is 0 Å². The molecular weight excluding hydrogens is 520 g/mol. The van der Waals surface area contributed by atoms with E-state index in [0.717, 1.165) is 44.9 Å². The van der Waals surface area contributed by atoms with E-state index in [0.29, 0.717) is 44.4 Å². The Kier molecular flexibility index (Phi) is 11.3. The number of carbonyl (C=O) groups is 1. The Hall–Kier alpha value is -1.88. The van der Waals surface area contributed by atoms with Crippen molar-refractivity contribution in [1.29, 1.82) is 0 Å². The third-order valence-electron chi connectivity index (χ3n) is 8.42. The Morgan fingerprint density at radius 2 is 1.67 bits per heavy atom. The molecule has 3 fully saturated rings. The number of aliphatic hydroxyl groups excluding tert-OH is 1. The molecule has 2 saturated carbocycles. The summed E-state index contributed by atoms with van der Waals surface area (Å²) in [7, 11) is -2.31. The number of aliphatic hydroxyl groups is 1. The van der Waals surface area contributed by atoms with Crippen LogP contribution in [-0.4, -0.2) is 87.5 Å². The number of hydrogen-bond acceptors (Lipinski definition) is 7. The minimum atomic E-state index is -3.85.